The SMILES string of the molecule is CC(=O)CCCN(C)C1=CCC=CC(C)=N1. The summed E-state index contributed by atoms with van der Waals surface area (Å²) >= 11 is 0. The van der Waals surface area contributed by atoms with E-state index in [9.17, 15) is 4.79 Å². The highest BCUT2D eigenvalue weighted by Crippen LogP contribution is 2.10. The van der Waals surface area contributed by atoms with Crippen molar-refractivity contribution in [3.63, 3.8) is 0 Å². The first-order valence-corrected chi connectivity index (χ1v) is 5.72. The number of ketones is 1. The average Bonchev–Trinajstić information content (AvgIpc) is 2.42. The number of carbonyl (C=O) groups excluding carboxylic acids is 1. The Morgan fingerprint density at radius 3 is 3.00 bits per heavy atom. The Kier molecular flexibility index (Phi) is 4.96. The summed E-state index contributed by atoms with van der Waals surface area (Å²) in [5, 5.41) is 0. The Morgan fingerprint density at radius 2 is 2.31 bits per heavy atom. The van der Waals surface area contributed by atoms with Gasteiger partial charge in [0, 0.05) is 25.7 Å². The molecule has 0 N–H and O–H groups in total. The zero-order chi connectivity index (χ0) is 12.0. The van der Waals surface area contributed by atoms with Crippen LogP contribution in [-0.4, -0.2) is 30.0 Å². The van der Waals surface area contributed by atoms with E-state index in [1.165, 1.54) is 0 Å². The second-order valence-electron chi connectivity index (χ2n) is 4.18. The van der Waals surface area contributed by atoms with Gasteiger partial charge in [-0.25, -0.2) is 4.99 Å². The van der Waals surface area contributed by atoms with Crippen LogP contribution in [0.25, 0.3) is 0 Å². The Hall–Kier alpha value is -1.38. The molecule has 0 radical (unpaired) electrons. The van der Waals surface area contributed by atoms with Gasteiger partial charge in [0.05, 0.1) is 0 Å². The highest BCUT2D eigenvalue weighted by molar-refractivity contribution is 5.93. The molecule has 3 heteroatoms. The van der Waals surface area contributed by atoms with Crippen LogP contribution < -0.4 is 0 Å². The summed E-state index contributed by atoms with van der Waals surface area (Å²) in [5.41, 5.74) is 1.03. The molecule has 0 fully saturated rings. The van der Waals surface area contributed by atoms with Gasteiger partial charge in [0.1, 0.15) is 11.6 Å². The molecule has 0 aliphatic carbocycles. The summed E-state index contributed by atoms with van der Waals surface area (Å²) in [5.74, 6) is 1.26. The fourth-order valence-electron chi connectivity index (χ4n) is 1.60. The van der Waals surface area contributed by atoms with Crippen molar-refractivity contribution in [2.24, 2.45) is 4.99 Å². The van der Waals surface area contributed by atoms with E-state index in [1.807, 2.05) is 20.0 Å². The summed E-state index contributed by atoms with van der Waals surface area (Å²) in [4.78, 5) is 17.5. The molecule has 0 atom stereocenters. The molecule has 1 heterocycles. The van der Waals surface area contributed by atoms with Gasteiger partial charge in [-0.3, -0.25) is 0 Å². The minimum atomic E-state index is 0.254. The van der Waals surface area contributed by atoms with E-state index in [0.29, 0.717) is 6.42 Å². The van der Waals surface area contributed by atoms with Crippen molar-refractivity contribution < 1.29 is 4.79 Å². The Morgan fingerprint density at radius 1 is 1.56 bits per heavy atom. The first kappa shape index (κ1) is 12.7. The summed E-state index contributed by atoms with van der Waals surface area (Å²) in [6.07, 6.45) is 8.72. The van der Waals surface area contributed by atoms with Crippen molar-refractivity contribution >= 4 is 11.5 Å². The Labute approximate surface area is 97.6 Å². The molecule has 0 spiro atoms. The van der Waals surface area contributed by atoms with E-state index in [4.69, 9.17) is 0 Å². The number of hydrogen-bond acceptors (Lipinski definition) is 3. The molecular weight excluding hydrogens is 200 g/mol. The third kappa shape index (κ3) is 4.43. The normalized spacial score (nSPS) is 15.2. The van der Waals surface area contributed by atoms with Gasteiger partial charge < -0.3 is 9.69 Å². The summed E-state index contributed by atoms with van der Waals surface area (Å²) in [6.45, 7) is 4.51. The third-order valence-corrected chi connectivity index (χ3v) is 2.50. The number of hydrogen-bond donors (Lipinski definition) is 0. The molecule has 0 unspecified atom stereocenters. The maximum Gasteiger partial charge on any atom is 0.129 e. The van der Waals surface area contributed by atoms with Crippen LogP contribution in [0.15, 0.2) is 29.0 Å². The molecule has 0 aromatic heterocycles. The van der Waals surface area contributed by atoms with Gasteiger partial charge in [0.2, 0.25) is 0 Å². The summed E-state index contributed by atoms with van der Waals surface area (Å²) in [6, 6.07) is 0. The molecule has 0 bridgehead atoms. The van der Waals surface area contributed by atoms with Crippen molar-refractivity contribution in [3.05, 3.63) is 24.0 Å². The molecule has 0 amide bonds. The first-order valence-electron chi connectivity index (χ1n) is 5.72. The standard InChI is InChI=1S/C13H20N2O/c1-11-7-4-5-9-13(14-11)15(3)10-6-8-12(2)16/h4,7,9H,5-6,8,10H2,1-3H3. The molecule has 0 aromatic rings. The van der Waals surface area contributed by atoms with E-state index in [2.05, 4.69) is 22.0 Å². The van der Waals surface area contributed by atoms with Gasteiger partial charge in [-0.15, -0.1) is 0 Å². The highest BCUT2D eigenvalue weighted by atomic mass is 16.1. The lowest BCUT2D eigenvalue weighted by molar-refractivity contribution is -0.117. The predicted molar refractivity (Wildman–Crippen MR) is 67.5 cm³/mol. The van der Waals surface area contributed by atoms with Crippen molar-refractivity contribution in [2.45, 2.75) is 33.1 Å². The van der Waals surface area contributed by atoms with Crippen LogP contribution in [-0.2, 0) is 4.79 Å². The molecule has 0 saturated carbocycles. The van der Waals surface area contributed by atoms with Crippen molar-refractivity contribution in [1.29, 1.82) is 0 Å². The number of rotatable bonds is 5. The number of Topliss-reactive ketones (excluding diaryl/α,β-unsaturated/α-hetero) is 1. The summed E-state index contributed by atoms with van der Waals surface area (Å²) < 4.78 is 0. The van der Waals surface area contributed by atoms with Gasteiger partial charge in [0.25, 0.3) is 0 Å². The van der Waals surface area contributed by atoms with E-state index in [0.717, 1.165) is 30.9 Å². The number of aliphatic imine (C=N–C) groups is 1. The van der Waals surface area contributed by atoms with E-state index >= 15 is 0 Å². The minimum absolute atomic E-state index is 0.254. The smallest absolute Gasteiger partial charge is 0.129 e. The van der Waals surface area contributed by atoms with Crippen LogP contribution >= 0.6 is 0 Å². The van der Waals surface area contributed by atoms with Gasteiger partial charge in [-0.2, -0.15) is 0 Å². The van der Waals surface area contributed by atoms with Crippen LogP contribution in [0, 0.1) is 0 Å². The average molecular weight is 220 g/mol. The molecule has 16 heavy (non-hydrogen) atoms. The van der Waals surface area contributed by atoms with Crippen molar-refractivity contribution in [1.82, 2.24) is 4.90 Å². The van der Waals surface area contributed by atoms with E-state index in [1.54, 1.807) is 6.92 Å². The monoisotopic (exact) mass is 220 g/mol. The second-order valence-corrected chi connectivity index (χ2v) is 4.18. The summed E-state index contributed by atoms with van der Waals surface area (Å²) in [7, 11) is 2.02. The maximum atomic E-state index is 10.8. The molecule has 1 rings (SSSR count). The molecule has 1 aliphatic heterocycles. The van der Waals surface area contributed by atoms with Crippen LogP contribution in [0.5, 0.6) is 0 Å². The molecular formula is C13H20N2O. The van der Waals surface area contributed by atoms with E-state index < -0.39 is 0 Å². The molecule has 88 valence electrons. The van der Waals surface area contributed by atoms with E-state index in [-0.39, 0.29) is 5.78 Å². The minimum Gasteiger partial charge on any atom is -0.360 e. The number of nitrogens with zero attached hydrogens (tertiary/aromatic N) is 2. The topological polar surface area (TPSA) is 32.7 Å². The van der Waals surface area contributed by atoms with Gasteiger partial charge in [-0.1, -0.05) is 6.08 Å². The lowest BCUT2D eigenvalue weighted by atomic mass is 10.2. The lowest BCUT2D eigenvalue weighted by Gasteiger charge is -2.19. The zero-order valence-corrected chi connectivity index (χ0v) is 10.4. The fourth-order valence-corrected chi connectivity index (χ4v) is 1.60. The molecule has 3 nitrogen and oxygen atoms in total. The van der Waals surface area contributed by atoms with Gasteiger partial charge in [-0.05, 0) is 38.8 Å². The van der Waals surface area contributed by atoms with Crippen LogP contribution in [0.4, 0.5) is 0 Å². The zero-order valence-electron chi connectivity index (χ0n) is 10.4. The molecule has 0 saturated heterocycles. The largest absolute Gasteiger partial charge is 0.360 e. The molecule has 1 aliphatic rings. The predicted octanol–water partition coefficient (Wildman–Crippen LogP) is 2.55. The number of carbonyl (C=O) groups is 1. The maximum absolute atomic E-state index is 10.8. The quantitative estimate of drug-likeness (QED) is 0.713. The first-order chi connectivity index (χ1) is 7.59. The Balaban J connectivity index is 2.47. The fraction of sp³-hybridized carbons (Fsp3) is 0.538. The van der Waals surface area contributed by atoms with Gasteiger partial charge >= 0.3 is 0 Å². The van der Waals surface area contributed by atoms with Crippen LogP contribution in [0.3, 0.4) is 0 Å². The van der Waals surface area contributed by atoms with Crippen LogP contribution in [0.1, 0.15) is 33.1 Å². The Bertz CT molecular complexity index is 340. The number of allylic oxidation sites excluding steroid dienone is 3. The van der Waals surface area contributed by atoms with Crippen LogP contribution in [0.2, 0.25) is 0 Å². The highest BCUT2D eigenvalue weighted by Gasteiger charge is 2.05. The lowest BCUT2D eigenvalue weighted by Crippen LogP contribution is -2.19. The third-order valence-electron chi connectivity index (χ3n) is 2.50. The van der Waals surface area contributed by atoms with Crippen molar-refractivity contribution in [2.75, 3.05) is 13.6 Å². The van der Waals surface area contributed by atoms with Gasteiger partial charge in [0.15, 0.2) is 0 Å². The second kappa shape index (κ2) is 6.26. The molecule has 0 aromatic carbocycles. The van der Waals surface area contributed by atoms with Crippen molar-refractivity contribution in [3.8, 4) is 0 Å².